The molecule has 1 aromatic heterocycles. The van der Waals surface area contributed by atoms with Crippen molar-refractivity contribution in [3.63, 3.8) is 0 Å². The topological polar surface area (TPSA) is 96.0 Å². The van der Waals surface area contributed by atoms with E-state index in [1.165, 1.54) is 35.6 Å². The van der Waals surface area contributed by atoms with Crippen LogP contribution in [0.4, 0.5) is 10.7 Å². The summed E-state index contributed by atoms with van der Waals surface area (Å²) in [5, 5.41) is 23.5. The monoisotopic (exact) mass is 385 g/mol. The number of nitrogens with zero attached hydrogens (tertiary/aromatic N) is 2. The van der Waals surface area contributed by atoms with E-state index in [-0.39, 0.29) is 11.3 Å². The Morgan fingerprint density at radius 2 is 2.08 bits per heavy atom. The number of amides is 1. The molecular formula is C18H15N3O3S2. The lowest BCUT2D eigenvalue weighted by Gasteiger charge is -2.23. The fraction of sp³-hybridized carbons (Fsp3) is 0.278. The van der Waals surface area contributed by atoms with Crippen molar-refractivity contribution in [3.05, 3.63) is 60.5 Å². The number of anilines is 1. The first kappa shape index (κ1) is 18.2. The molecular weight excluding hydrogens is 370 g/mol. The average Bonchev–Trinajstić information content (AvgIpc) is 2.62. The second-order valence-electron chi connectivity index (χ2n) is 6.27. The molecule has 0 bridgehead atoms. The van der Waals surface area contributed by atoms with E-state index < -0.39 is 10.8 Å². The van der Waals surface area contributed by atoms with Crippen molar-refractivity contribution < 1.29 is 9.72 Å². The summed E-state index contributed by atoms with van der Waals surface area (Å²) in [6.45, 7) is 2.17. The van der Waals surface area contributed by atoms with E-state index in [1.807, 2.05) is 0 Å². The zero-order valence-electron chi connectivity index (χ0n) is 13.9. The highest BCUT2D eigenvalue weighted by Gasteiger charge is 2.23. The van der Waals surface area contributed by atoms with Crippen molar-refractivity contribution in [1.29, 1.82) is 5.26 Å². The fourth-order valence-electron chi connectivity index (χ4n) is 3.06. The van der Waals surface area contributed by atoms with Crippen LogP contribution >= 0.6 is 23.6 Å². The van der Waals surface area contributed by atoms with Crippen LogP contribution in [0.1, 0.15) is 40.4 Å². The Balaban J connectivity index is 1.94. The van der Waals surface area contributed by atoms with Crippen LogP contribution in [-0.4, -0.2) is 10.8 Å². The molecule has 132 valence electrons. The van der Waals surface area contributed by atoms with Gasteiger partial charge in [-0.3, -0.25) is 14.9 Å². The third-order valence-corrected chi connectivity index (χ3v) is 5.89. The number of carbonyl (C=O) groups excluding carboxylic acids is 1. The van der Waals surface area contributed by atoms with Gasteiger partial charge in [0.1, 0.15) is 11.1 Å². The first-order valence-corrected chi connectivity index (χ1v) is 9.28. The Hall–Kier alpha value is -2.63. The molecule has 1 N–H and O–H groups in total. The van der Waals surface area contributed by atoms with Gasteiger partial charge in [-0.05, 0) is 48.4 Å². The maximum Gasteiger partial charge on any atom is 0.269 e. The molecule has 1 aromatic carbocycles. The van der Waals surface area contributed by atoms with Crippen molar-refractivity contribution in [2.45, 2.75) is 26.2 Å². The van der Waals surface area contributed by atoms with Crippen LogP contribution in [0.25, 0.3) is 0 Å². The average molecular weight is 385 g/mol. The van der Waals surface area contributed by atoms with Gasteiger partial charge in [-0.1, -0.05) is 19.1 Å². The standard InChI is InChI=1S/C18H15N3O3S2/c1-10-2-7-13-14(8-10)18(25)26-17(15(13)9-19)20-16(22)11-3-5-12(6-4-11)21(23)24/h3-6,10H,2,7-8H2,1H3,(H,20,22). The summed E-state index contributed by atoms with van der Waals surface area (Å²) < 4.78 is 0.699. The summed E-state index contributed by atoms with van der Waals surface area (Å²) in [5.74, 6) is 0.106. The van der Waals surface area contributed by atoms with Crippen LogP contribution in [0.3, 0.4) is 0 Å². The second-order valence-corrected chi connectivity index (χ2v) is 7.96. The molecule has 6 nitrogen and oxygen atoms in total. The molecule has 0 aliphatic heterocycles. The maximum absolute atomic E-state index is 12.5. The summed E-state index contributed by atoms with van der Waals surface area (Å²) in [5.41, 5.74) is 2.66. The van der Waals surface area contributed by atoms with Crippen molar-refractivity contribution >= 4 is 40.2 Å². The van der Waals surface area contributed by atoms with Gasteiger partial charge < -0.3 is 5.32 Å². The highest BCUT2D eigenvalue weighted by molar-refractivity contribution is 7.73. The summed E-state index contributed by atoms with van der Waals surface area (Å²) in [4.78, 5) is 22.7. The molecule has 1 aliphatic rings. The normalized spacial score (nSPS) is 15.6. The Kier molecular flexibility index (Phi) is 5.11. The van der Waals surface area contributed by atoms with E-state index in [0.29, 0.717) is 20.3 Å². The van der Waals surface area contributed by atoms with Gasteiger partial charge in [0.2, 0.25) is 0 Å². The zero-order valence-corrected chi connectivity index (χ0v) is 15.6. The van der Waals surface area contributed by atoms with Gasteiger partial charge in [-0.15, -0.1) is 11.3 Å². The number of rotatable bonds is 3. The minimum atomic E-state index is -0.522. The van der Waals surface area contributed by atoms with Crippen molar-refractivity contribution in [1.82, 2.24) is 0 Å². The molecule has 1 heterocycles. The number of hydrogen-bond donors (Lipinski definition) is 1. The Morgan fingerprint density at radius 3 is 2.69 bits per heavy atom. The Labute approximate surface area is 159 Å². The van der Waals surface area contributed by atoms with Crippen LogP contribution in [0.15, 0.2) is 24.3 Å². The number of nitriles is 1. The van der Waals surface area contributed by atoms with Crippen LogP contribution in [0, 0.1) is 31.2 Å². The zero-order chi connectivity index (χ0) is 18.8. The largest absolute Gasteiger partial charge is 0.312 e. The molecule has 1 atom stereocenters. The van der Waals surface area contributed by atoms with Crippen molar-refractivity contribution in [2.75, 3.05) is 5.32 Å². The van der Waals surface area contributed by atoms with Crippen LogP contribution in [-0.2, 0) is 12.8 Å². The van der Waals surface area contributed by atoms with Gasteiger partial charge >= 0.3 is 0 Å². The second kappa shape index (κ2) is 7.32. The minimum absolute atomic E-state index is 0.0854. The fourth-order valence-corrected chi connectivity index (χ4v) is 4.44. The number of carbonyl (C=O) groups is 1. The van der Waals surface area contributed by atoms with Gasteiger partial charge in [0.15, 0.2) is 0 Å². The minimum Gasteiger partial charge on any atom is -0.312 e. The molecule has 2 aromatic rings. The van der Waals surface area contributed by atoms with Crippen LogP contribution in [0.5, 0.6) is 0 Å². The number of hydrogen-bond acceptors (Lipinski definition) is 6. The lowest BCUT2D eigenvalue weighted by Crippen LogP contribution is -2.16. The Morgan fingerprint density at radius 1 is 1.38 bits per heavy atom. The molecule has 0 spiro atoms. The lowest BCUT2D eigenvalue weighted by atomic mass is 9.85. The number of fused-ring (bicyclic) bond motifs is 1. The molecule has 0 fully saturated rings. The van der Waals surface area contributed by atoms with E-state index in [9.17, 15) is 20.2 Å². The molecule has 1 unspecified atom stereocenters. The summed E-state index contributed by atoms with van der Waals surface area (Å²) in [7, 11) is 0. The third kappa shape index (κ3) is 3.49. The molecule has 1 amide bonds. The molecule has 0 saturated carbocycles. The van der Waals surface area contributed by atoms with Gasteiger partial charge in [-0.2, -0.15) is 5.26 Å². The molecule has 0 radical (unpaired) electrons. The quantitative estimate of drug-likeness (QED) is 0.472. The molecule has 1 aliphatic carbocycles. The predicted molar refractivity (Wildman–Crippen MR) is 102 cm³/mol. The van der Waals surface area contributed by atoms with Gasteiger partial charge in [-0.25, -0.2) is 0 Å². The number of non-ortho nitro benzene ring substituents is 1. The van der Waals surface area contributed by atoms with Crippen LogP contribution in [0.2, 0.25) is 0 Å². The first-order chi connectivity index (χ1) is 12.4. The summed E-state index contributed by atoms with van der Waals surface area (Å²) >= 11 is 6.71. The number of benzene rings is 1. The third-order valence-electron chi connectivity index (χ3n) is 4.45. The van der Waals surface area contributed by atoms with E-state index in [1.54, 1.807) is 0 Å². The Bertz CT molecular complexity index is 990. The highest BCUT2D eigenvalue weighted by atomic mass is 32.1. The smallest absolute Gasteiger partial charge is 0.269 e. The maximum atomic E-state index is 12.5. The van der Waals surface area contributed by atoms with Crippen molar-refractivity contribution in [2.24, 2.45) is 5.92 Å². The highest BCUT2D eigenvalue weighted by Crippen LogP contribution is 2.36. The predicted octanol–water partition coefficient (Wildman–Crippen LogP) is 4.63. The molecule has 8 heteroatoms. The lowest BCUT2D eigenvalue weighted by molar-refractivity contribution is -0.384. The van der Waals surface area contributed by atoms with E-state index in [4.69, 9.17) is 12.2 Å². The van der Waals surface area contributed by atoms with Crippen LogP contribution < -0.4 is 5.32 Å². The SMILES string of the molecule is CC1CCc2c(C#N)c(NC(=O)c3ccc([N+](=O)[O-])cc3)sc(=S)c2C1. The first-order valence-electron chi connectivity index (χ1n) is 8.05. The van der Waals surface area contributed by atoms with E-state index in [2.05, 4.69) is 18.3 Å². The number of nitro groups is 1. The number of nitro benzene ring substituents is 1. The summed E-state index contributed by atoms with van der Waals surface area (Å²) in [6, 6.07) is 7.53. The number of nitrogens with one attached hydrogen (secondary N) is 1. The van der Waals surface area contributed by atoms with E-state index in [0.717, 1.165) is 30.4 Å². The molecule has 26 heavy (non-hydrogen) atoms. The summed E-state index contributed by atoms with van der Waals surface area (Å²) in [6.07, 6.45) is 2.62. The van der Waals surface area contributed by atoms with E-state index >= 15 is 0 Å². The van der Waals surface area contributed by atoms with Gasteiger partial charge in [0, 0.05) is 17.7 Å². The molecule has 3 rings (SSSR count). The van der Waals surface area contributed by atoms with Crippen molar-refractivity contribution in [3.8, 4) is 6.07 Å². The van der Waals surface area contributed by atoms with Gasteiger partial charge in [0.05, 0.1) is 14.3 Å². The van der Waals surface area contributed by atoms with Gasteiger partial charge in [0.25, 0.3) is 11.6 Å². The molecule has 0 saturated heterocycles.